The number of nitrogens with zero attached hydrogens (tertiary/aromatic N) is 2. The Morgan fingerprint density at radius 2 is 2.37 bits per heavy atom. The molecular formula is C10H10F2N4O2S. The number of ether oxygens (including phenoxy) is 1. The van der Waals surface area contributed by atoms with Crippen LogP contribution in [0.1, 0.15) is 28.5 Å². The van der Waals surface area contributed by atoms with Crippen molar-refractivity contribution in [1.82, 2.24) is 20.5 Å². The van der Waals surface area contributed by atoms with E-state index in [2.05, 4.69) is 25.2 Å². The average Bonchev–Trinajstić information content (AvgIpc) is 2.97. The molecule has 0 aliphatic carbocycles. The zero-order valence-electron chi connectivity index (χ0n) is 9.76. The molecule has 6 nitrogen and oxygen atoms in total. The van der Waals surface area contributed by atoms with Gasteiger partial charge in [0.25, 0.3) is 5.91 Å². The largest absolute Gasteiger partial charge is 0.433 e. The summed E-state index contributed by atoms with van der Waals surface area (Å²) in [6, 6.07) is 0.904. The van der Waals surface area contributed by atoms with Crippen molar-refractivity contribution in [2.75, 3.05) is 0 Å². The lowest BCUT2D eigenvalue weighted by Crippen LogP contribution is -2.27. The van der Waals surface area contributed by atoms with E-state index in [1.807, 2.05) is 0 Å². The zero-order chi connectivity index (χ0) is 13.8. The van der Waals surface area contributed by atoms with Crippen molar-refractivity contribution in [2.45, 2.75) is 19.6 Å². The summed E-state index contributed by atoms with van der Waals surface area (Å²) in [6.45, 7) is -1.27. The first-order valence-corrected chi connectivity index (χ1v) is 6.14. The highest BCUT2D eigenvalue weighted by Crippen LogP contribution is 2.26. The molecule has 0 radical (unpaired) electrons. The lowest BCUT2D eigenvalue weighted by atomic mass is 10.3. The zero-order valence-corrected chi connectivity index (χ0v) is 10.6. The van der Waals surface area contributed by atoms with E-state index in [1.165, 1.54) is 17.8 Å². The number of nitrogens with one attached hydrogen (secondary N) is 2. The van der Waals surface area contributed by atoms with Gasteiger partial charge >= 0.3 is 6.61 Å². The van der Waals surface area contributed by atoms with E-state index in [0.717, 1.165) is 11.3 Å². The highest BCUT2D eigenvalue weighted by Gasteiger charge is 2.20. The Kier molecular flexibility index (Phi) is 4.05. The van der Waals surface area contributed by atoms with Crippen molar-refractivity contribution in [3.05, 3.63) is 28.5 Å². The summed E-state index contributed by atoms with van der Waals surface area (Å²) < 4.78 is 28.6. The molecule has 1 amide bonds. The van der Waals surface area contributed by atoms with Crippen LogP contribution in [0.15, 0.2) is 17.8 Å². The van der Waals surface area contributed by atoms with Crippen LogP contribution in [-0.4, -0.2) is 27.7 Å². The third kappa shape index (κ3) is 3.25. The van der Waals surface area contributed by atoms with Crippen molar-refractivity contribution in [1.29, 1.82) is 0 Å². The van der Waals surface area contributed by atoms with Crippen LogP contribution in [0.3, 0.4) is 0 Å². The molecule has 0 unspecified atom stereocenters. The number of hydrogen-bond donors (Lipinski definition) is 2. The van der Waals surface area contributed by atoms with E-state index in [1.54, 1.807) is 6.92 Å². The summed E-state index contributed by atoms with van der Waals surface area (Å²) >= 11 is 1.02. The molecule has 0 spiro atoms. The van der Waals surface area contributed by atoms with Gasteiger partial charge in [0, 0.05) is 0 Å². The molecule has 2 aromatic heterocycles. The van der Waals surface area contributed by atoms with Crippen molar-refractivity contribution >= 4 is 17.2 Å². The normalized spacial score (nSPS) is 12.4. The van der Waals surface area contributed by atoms with E-state index in [4.69, 9.17) is 0 Å². The number of hydrogen-bond acceptors (Lipinski definition) is 5. The first-order valence-electron chi connectivity index (χ1n) is 5.26. The Bertz CT molecular complexity index is 543. The van der Waals surface area contributed by atoms with Crippen LogP contribution in [0.2, 0.25) is 0 Å². The van der Waals surface area contributed by atoms with E-state index in [0.29, 0.717) is 5.82 Å². The third-order valence-electron chi connectivity index (χ3n) is 2.24. The van der Waals surface area contributed by atoms with Crippen molar-refractivity contribution in [2.24, 2.45) is 0 Å². The molecule has 0 aromatic carbocycles. The van der Waals surface area contributed by atoms with E-state index in [9.17, 15) is 13.6 Å². The maximum absolute atomic E-state index is 12.2. The van der Waals surface area contributed by atoms with Gasteiger partial charge in [-0.3, -0.25) is 9.89 Å². The molecule has 102 valence electrons. The number of carbonyl (C=O) groups excluding carboxylic acids is 1. The molecule has 19 heavy (non-hydrogen) atoms. The maximum atomic E-state index is 12.2. The van der Waals surface area contributed by atoms with Gasteiger partial charge in [0.2, 0.25) is 0 Å². The molecule has 0 aliphatic rings. The first-order chi connectivity index (χ1) is 9.08. The number of carbonyl (C=O) groups is 1. The molecule has 0 saturated carbocycles. The summed E-state index contributed by atoms with van der Waals surface area (Å²) in [5.74, 6) is -0.168. The van der Waals surface area contributed by atoms with E-state index < -0.39 is 18.6 Å². The van der Waals surface area contributed by atoms with Crippen LogP contribution in [0.5, 0.6) is 5.75 Å². The Hall–Kier alpha value is -2.03. The predicted octanol–water partition coefficient (Wildman–Crippen LogP) is 1.96. The molecule has 1 atom stereocenters. The standard InChI is InChI=1S/C10H10F2N4O2S/c1-5(8-13-4-14-16-8)15-9(17)7-6(2-3-19-7)18-10(11)12/h2-5,10H,1H3,(H,15,17)(H,13,14,16)/t5-/m1/s1. The molecule has 0 fully saturated rings. The van der Waals surface area contributed by atoms with Crippen molar-refractivity contribution in [3.63, 3.8) is 0 Å². The minimum Gasteiger partial charge on any atom is -0.433 e. The number of rotatable bonds is 5. The number of amides is 1. The Morgan fingerprint density at radius 1 is 1.58 bits per heavy atom. The summed E-state index contributed by atoms with van der Waals surface area (Å²) in [5.41, 5.74) is 0. The number of aromatic nitrogens is 3. The molecule has 2 N–H and O–H groups in total. The van der Waals surface area contributed by atoms with Crippen molar-refractivity contribution in [3.8, 4) is 5.75 Å². The quantitative estimate of drug-likeness (QED) is 0.881. The minimum atomic E-state index is -2.96. The van der Waals surface area contributed by atoms with Gasteiger partial charge < -0.3 is 10.1 Å². The summed E-state index contributed by atoms with van der Waals surface area (Å²) in [4.78, 5) is 15.9. The highest BCUT2D eigenvalue weighted by molar-refractivity contribution is 7.12. The predicted molar refractivity (Wildman–Crippen MR) is 63.2 cm³/mol. The van der Waals surface area contributed by atoms with Crippen LogP contribution >= 0.6 is 11.3 Å². The third-order valence-corrected chi connectivity index (χ3v) is 3.14. The highest BCUT2D eigenvalue weighted by atomic mass is 32.1. The smallest absolute Gasteiger partial charge is 0.387 e. The second kappa shape index (κ2) is 5.74. The second-order valence-corrected chi connectivity index (χ2v) is 4.47. The summed E-state index contributed by atoms with van der Waals surface area (Å²) in [5, 5.41) is 10.4. The number of aromatic amines is 1. The fourth-order valence-corrected chi connectivity index (χ4v) is 2.13. The Balaban J connectivity index is 2.06. The van der Waals surface area contributed by atoms with E-state index >= 15 is 0 Å². The molecular weight excluding hydrogens is 278 g/mol. The number of thiophene rings is 1. The van der Waals surface area contributed by atoms with Crippen LogP contribution in [0, 0.1) is 0 Å². The molecule has 2 rings (SSSR count). The van der Waals surface area contributed by atoms with Gasteiger partial charge in [-0.15, -0.1) is 11.3 Å². The number of alkyl halides is 2. The van der Waals surface area contributed by atoms with E-state index in [-0.39, 0.29) is 10.6 Å². The molecule has 0 aliphatic heterocycles. The Morgan fingerprint density at radius 3 is 3.00 bits per heavy atom. The van der Waals surface area contributed by atoms with Crippen molar-refractivity contribution < 1.29 is 18.3 Å². The second-order valence-electron chi connectivity index (χ2n) is 3.56. The van der Waals surface area contributed by atoms with Crippen LogP contribution < -0.4 is 10.1 Å². The molecule has 2 heterocycles. The van der Waals surface area contributed by atoms with Gasteiger partial charge in [0.1, 0.15) is 22.8 Å². The fraction of sp³-hybridized carbons (Fsp3) is 0.300. The summed E-state index contributed by atoms with van der Waals surface area (Å²) in [7, 11) is 0. The van der Waals surface area contributed by atoms with Gasteiger partial charge in [0.05, 0.1) is 6.04 Å². The number of H-pyrrole nitrogens is 1. The van der Waals surface area contributed by atoms with Gasteiger partial charge in [-0.25, -0.2) is 4.98 Å². The topological polar surface area (TPSA) is 79.9 Å². The molecule has 0 saturated heterocycles. The summed E-state index contributed by atoms with van der Waals surface area (Å²) in [6.07, 6.45) is 1.31. The monoisotopic (exact) mass is 288 g/mol. The van der Waals surface area contributed by atoms with Gasteiger partial charge in [-0.2, -0.15) is 13.9 Å². The lowest BCUT2D eigenvalue weighted by Gasteiger charge is -2.11. The van der Waals surface area contributed by atoms with Gasteiger partial charge in [-0.05, 0) is 18.4 Å². The average molecular weight is 288 g/mol. The fourth-order valence-electron chi connectivity index (χ4n) is 1.41. The first kappa shape index (κ1) is 13.4. The lowest BCUT2D eigenvalue weighted by molar-refractivity contribution is -0.0498. The van der Waals surface area contributed by atoms with Crippen LogP contribution in [-0.2, 0) is 0 Å². The maximum Gasteiger partial charge on any atom is 0.387 e. The molecule has 0 bridgehead atoms. The SMILES string of the molecule is C[C@@H](NC(=O)c1sccc1OC(F)F)c1ncn[nH]1. The molecule has 9 heteroatoms. The van der Waals surface area contributed by atoms with Crippen LogP contribution in [0.4, 0.5) is 8.78 Å². The van der Waals surface area contributed by atoms with Gasteiger partial charge in [-0.1, -0.05) is 0 Å². The number of halogens is 2. The Labute approximate surface area is 110 Å². The molecule has 2 aromatic rings. The van der Waals surface area contributed by atoms with Crippen LogP contribution in [0.25, 0.3) is 0 Å². The van der Waals surface area contributed by atoms with Gasteiger partial charge in [0.15, 0.2) is 0 Å². The minimum absolute atomic E-state index is 0.0895.